The Morgan fingerprint density at radius 2 is 1.54 bits per heavy atom. The number of halogens is 4. The summed E-state index contributed by atoms with van der Waals surface area (Å²) in [5, 5.41) is 19.1. The van der Waals surface area contributed by atoms with Crippen LogP contribution in [0.5, 0.6) is 0 Å². The van der Waals surface area contributed by atoms with Gasteiger partial charge in [0, 0.05) is 42.2 Å². The van der Waals surface area contributed by atoms with Crippen LogP contribution >= 0.6 is 0 Å². The molecule has 0 radical (unpaired) electrons. The molecule has 1 aliphatic carbocycles. The molecule has 4 amide bonds. The Labute approximate surface area is 339 Å². The molecule has 4 aromatic rings. The zero-order chi connectivity index (χ0) is 42.3. The zero-order valence-electron chi connectivity index (χ0n) is 32.8. The number of nitrogens with two attached hydrogens (primary N) is 1. The SMILES string of the molecule is CNC(=O)C(F)(F)C(F)(F)c1nc(-c2ccc(NC(=O)C(Cc3ccc(-c4ccc(C(=O)NC5CCNCC5)cc4C)cc3)NC(=O)C3CCC(CN)CC3)cc2)n[nH]1. The highest BCUT2D eigenvalue weighted by atomic mass is 19.3. The first kappa shape index (κ1) is 42.9. The van der Waals surface area contributed by atoms with E-state index in [1.54, 1.807) is 5.10 Å². The number of piperidine rings is 1. The van der Waals surface area contributed by atoms with Crippen LogP contribution in [0, 0.1) is 18.8 Å². The molecule has 59 heavy (non-hydrogen) atoms. The molecule has 2 aliphatic rings. The Kier molecular flexibility index (Phi) is 13.5. The molecule has 1 saturated heterocycles. The maximum atomic E-state index is 14.6. The molecule has 17 heteroatoms. The van der Waals surface area contributed by atoms with Gasteiger partial charge in [0.05, 0.1) is 0 Å². The second-order valence-electron chi connectivity index (χ2n) is 15.2. The first-order valence-electron chi connectivity index (χ1n) is 19.7. The summed E-state index contributed by atoms with van der Waals surface area (Å²) in [6.45, 7) is 4.26. The first-order valence-corrected chi connectivity index (χ1v) is 19.7. The third-order valence-electron chi connectivity index (χ3n) is 11.2. The topological polar surface area (TPSA) is 196 Å². The Morgan fingerprint density at radius 1 is 0.881 bits per heavy atom. The van der Waals surface area contributed by atoms with Gasteiger partial charge in [0.1, 0.15) is 6.04 Å². The highest BCUT2D eigenvalue weighted by Gasteiger charge is 2.65. The molecular weight excluding hydrogens is 771 g/mol. The molecule has 6 rings (SSSR count). The Morgan fingerprint density at radius 3 is 2.17 bits per heavy atom. The molecule has 1 unspecified atom stereocenters. The number of aromatic nitrogens is 3. The number of nitrogens with one attached hydrogen (secondary N) is 6. The van der Waals surface area contributed by atoms with Crippen LogP contribution in [0.4, 0.5) is 23.2 Å². The number of hydrogen-bond acceptors (Lipinski definition) is 8. The molecule has 1 aromatic heterocycles. The molecule has 1 saturated carbocycles. The van der Waals surface area contributed by atoms with Crippen molar-refractivity contribution in [3.8, 4) is 22.5 Å². The molecule has 2 fully saturated rings. The number of amides is 4. The van der Waals surface area contributed by atoms with Crippen LogP contribution in [0.2, 0.25) is 0 Å². The van der Waals surface area contributed by atoms with E-state index in [1.807, 2.05) is 49.4 Å². The highest BCUT2D eigenvalue weighted by molar-refractivity contribution is 5.98. The van der Waals surface area contributed by atoms with Crippen molar-refractivity contribution in [2.75, 3.05) is 32.0 Å². The average Bonchev–Trinajstić information content (AvgIpc) is 3.75. The number of H-pyrrole nitrogens is 1. The Hall–Kier alpha value is -5.68. The number of carbonyl (C=O) groups is 4. The quantitative estimate of drug-likeness (QED) is 0.0879. The summed E-state index contributed by atoms with van der Waals surface area (Å²) in [4.78, 5) is 55.2. The third-order valence-corrected chi connectivity index (χ3v) is 11.2. The number of aryl methyl sites for hydroxylation is 1. The summed E-state index contributed by atoms with van der Waals surface area (Å²) in [5.41, 5.74) is 10.5. The molecule has 1 atom stereocenters. The van der Waals surface area contributed by atoms with Crippen molar-refractivity contribution in [1.82, 2.24) is 36.4 Å². The Balaban J connectivity index is 1.15. The maximum absolute atomic E-state index is 14.6. The van der Waals surface area contributed by atoms with Crippen LogP contribution in [-0.4, -0.2) is 83.5 Å². The van der Waals surface area contributed by atoms with E-state index in [0.29, 0.717) is 36.6 Å². The molecule has 0 spiro atoms. The number of alkyl halides is 4. The molecule has 13 nitrogen and oxygen atoms in total. The van der Waals surface area contributed by atoms with E-state index in [1.165, 1.54) is 29.6 Å². The average molecular weight is 820 g/mol. The van der Waals surface area contributed by atoms with Crippen molar-refractivity contribution in [3.63, 3.8) is 0 Å². The number of hydrogen-bond donors (Lipinski definition) is 7. The van der Waals surface area contributed by atoms with Crippen LogP contribution in [0.15, 0.2) is 66.7 Å². The number of nitrogens with zero attached hydrogens (tertiary/aromatic N) is 2. The van der Waals surface area contributed by atoms with E-state index in [-0.39, 0.29) is 41.6 Å². The lowest BCUT2D eigenvalue weighted by Gasteiger charge is -2.28. The standard InChI is InChI=1S/C42H49F4N9O4/c1-24-21-30(37(57)50-32-17-19-49-20-18-32)13-16-33(24)27-7-3-25(4-8-27)22-34(52-36(56)29-9-5-26(23-47)6-10-29)38(58)51-31-14-11-28(12-15-31)35-53-39(55-54-35)41(43,44)42(45,46)40(59)48-2/h3-4,7-8,11-16,21,26,29,32,34,49H,5-6,9-10,17-20,22-23,47H2,1-2H3,(H,48,59)(H,50,57)(H,51,58)(H,52,56)(H,53,54,55). The van der Waals surface area contributed by atoms with Crippen molar-refractivity contribution in [2.24, 2.45) is 17.6 Å². The minimum Gasteiger partial charge on any atom is -0.354 e. The summed E-state index contributed by atoms with van der Waals surface area (Å²) in [6.07, 6.45) is 4.91. The van der Waals surface area contributed by atoms with Gasteiger partial charge in [0.15, 0.2) is 5.82 Å². The molecule has 3 aromatic carbocycles. The predicted molar refractivity (Wildman–Crippen MR) is 213 cm³/mol. The van der Waals surface area contributed by atoms with Gasteiger partial charge in [-0.3, -0.25) is 24.3 Å². The van der Waals surface area contributed by atoms with Gasteiger partial charge in [0.25, 0.3) is 11.8 Å². The van der Waals surface area contributed by atoms with Crippen LogP contribution in [0.1, 0.15) is 65.8 Å². The lowest BCUT2D eigenvalue weighted by Crippen LogP contribution is -2.50. The Bertz CT molecular complexity index is 2110. The number of anilines is 1. The fourth-order valence-corrected chi connectivity index (χ4v) is 7.49. The highest BCUT2D eigenvalue weighted by Crippen LogP contribution is 2.42. The van der Waals surface area contributed by atoms with Crippen molar-refractivity contribution in [3.05, 3.63) is 89.2 Å². The second-order valence-corrected chi connectivity index (χ2v) is 15.2. The largest absolute Gasteiger partial charge is 0.393 e. The minimum absolute atomic E-state index is 0.0992. The van der Waals surface area contributed by atoms with E-state index >= 15 is 0 Å². The van der Waals surface area contributed by atoms with Crippen molar-refractivity contribution in [2.45, 2.75) is 75.8 Å². The van der Waals surface area contributed by atoms with E-state index < -0.39 is 35.5 Å². The maximum Gasteiger partial charge on any atom is 0.393 e. The lowest BCUT2D eigenvalue weighted by atomic mass is 9.81. The molecule has 1 aliphatic heterocycles. The fraction of sp³-hybridized carbons (Fsp3) is 0.429. The van der Waals surface area contributed by atoms with E-state index in [0.717, 1.165) is 68.1 Å². The van der Waals surface area contributed by atoms with Crippen LogP contribution in [0.25, 0.3) is 22.5 Å². The van der Waals surface area contributed by atoms with Gasteiger partial charge in [-0.2, -0.15) is 22.7 Å². The first-order chi connectivity index (χ1) is 28.2. The minimum atomic E-state index is -5.09. The summed E-state index contributed by atoms with van der Waals surface area (Å²) >= 11 is 0. The molecule has 0 bridgehead atoms. The zero-order valence-corrected chi connectivity index (χ0v) is 32.8. The smallest absolute Gasteiger partial charge is 0.354 e. The third kappa shape index (κ3) is 9.96. The van der Waals surface area contributed by atoms with Crippen LogP contribution < -0.4 is 32.3 Å². The number of benzene rings is 3. The lowest BCUT2D eigenvalue weighted by molar-refractivity contribution is -0.218. The van der Waals surface area contributed by atoms with Gasteiger partial charge in [-0.15, -0.1) is 0 Å². The molecule has 314 valence electrons. The van der Waals surface area contributed by atoms with E-state index in [2.05, 4.69) is 31.3 Å². The number of aromatic amines is 1. The van der Waals surface area contributed by atoms with Crippen molar-refractivity contribution < 1.29 is 36.7 Å². The van der Waals surface area contributed by atoms with Gasteiger partial charge in [0.2, 0.25) is 17.6 Å². The number of rotatable bonds is 14. The molecular formula is C42H49F4N9O4. The van der Waals surface area contributed by atoms with Crippen LogP contribution in [0.3, 0.4) is 0 Å². The molecule has 8 N–H and O–H groups in total. The second kappa shape index (κ2) is 18.5. The fourth-order valence-electron chi connectivity index (χ4n) is 7.49. The van der Waals surface area contributed by atoms with E-state index in [4.69, 9.17) is 5.73 Å². The summed E-state index contributed by atoms with van der Waals surface area (Å²) < 4.78 is 57.4. The normalized spacial score (nSPS) is 18.1. The molecule has 2 heterocycles. The monoisotopic (exact) mass is 819 g/mol. The van der Waals surface area contributed by atoms with E-state index in [9.17, 15) is 36.7 Å². The number of carbonyl (C=O) groups excluding carboxylic acids is 4. The van der Waals surface area contributed by atoms with Crippen LogP contribution in [-0.2, 0) is 26.7 Å². The van der Waals surface area contributed by atoms with Gasteiger partial charge >= 0.3 is 11.8 Å². The van der Waals surface area contributed by atoms with Gasteiger partial charge in [-0.1, -0.05) is 30.3 Å². The summed E-state index contributed by atoms with van der Waals surface area (Å²) in [7, 11) is 0.808. The van der Waals surface area contributed by atoms with Crippen molar-refractivity contribution >= 4 is 29.3 Å². The predicted octanol–water partition coefficient (Wildman–Crippen LogP) is 4.83. The van der Waals surface area contributed by atoms with Gasteiger partial charge in [-0.25, -0.2) is 4.98 Å². The van der Waals surface area contributed by atoms with Crippen molar-refractivity contribution in [1.29, 1.82) is 0 Å². The van der Waals surface area contributed by atoms with Gasteiger partial charge in [-0.05, 0) is 130 Å². The summed E-state index contributed by atoms with van der Waals surface area (Å²) in [6, 6.07) is 18.1. The summed E-state index contributed by atoms with van der Waals surface area (Å²) in [5.74, 6) is -14.8. The van der Waals surface area contributed by atoms with Gasteiger partial charge < -0.3 is 32.3 Å².